The highest BCUT2D eigenvalue weighted by molar-refractivity contribution is 7.11. The first-order valence-electron chi connectivity index (χ1n) is 9.58. The Labute approximate surface area is 168 Å². The number of likely N-dealkylation sites (tertiary alicyclic amines) is 1. The third-order valence-electron chi connectivity index (χ3n) is 5.38. The van der Waals surface area contributed by atoms with Crippen molar-refractivity contribution >= 4 is 28.7 Å². The first-order valence-corrected chi connectivity index (χ1v) is 10.5. The van der Waals surface area contributed by atoms with Crippen LogP contribution in [0.5, 0.6) is 0 Å². The molecule has 2 aliphatic heterocycles. The summed E-state index contributed by atoms with van der Waals surface area (Å²) in [4.78, 5) is 30.6. The van der Waals surface area contributed by atoms with E-state index in [4.69, 9.17) is 0 Å². The van der Waals surface area contributed by atoms with Crippen molar-refractivity contribution in [2.75, 3.05) is 13.1 Å². The maximum Gasteiger partial charge on any atom is 0.278 e. The summed E-state index contributed by atoms with van der Waals surface area (Å²) in [7, 11) is 0. The summed E-state index contributed by atoms with van der Waals surface area (Å²) >= 11 is 1.45. The number of hydrogen-bond donors (Lipinski definition) is 0. The normalized spacial score (nSPS) is 23.1. The zero-order valence-electron chi connectivity index (χ0n) is 16.0. The molecule has 0 aliphatic carbocycles. The Balaban J connectivity index is 1.73. The molecule has 28 heavy (non-hydrogen) atoms. The lowest BCUT2D eigenvalue weighted by molar-refractivity contribution is -0.138. The molecule has 4 rings (SSSR count). The maximum atomic E-state index is 14.2. The lowest BCUT2D eigenvalue weighted by atomic mass is 9.91. The zero-order chi connectivity index (χ0) is 19.8. The molecule has 0 radical (unpaired) electrons. The van der Waals surface area contributed by atoms with E-state index in [9.17, 15) is 14.0 Å². The fourth-order valence-corrected chi connectivity index (χ4v) is 5.05. The molecule has 3 heterocycles. The Morgan fingerprint density at radius 2 is 1.75 bits per heavy atom. The van der Waals surface area contributed by atoms with Crippen LogP contribution in [0.25, 0.3) is 5.57 Å². The number of carbonyl (C=O) groups is 2. The van der Waals surface area contributed by atoms with Crippen LogP contribution in [0.4, 0.5) is 4.39 Å². The second-order valence-corrected chi connectivity index (χ2v) is 8.79. The van der Waals surface area contributed by atoms with E-state index in [1.807, 2.05) is 17.5 Å². The number of piperidine rings is 1. The van der Waals surface area contributed by atoms with Crippen molar-refractivity contribution in [3.63, 3.8) is 0 Å². The predicted molar refractivity (Wildman–Crippen MR) is 108 cm³/mol. The molecule has 2 amide bonds. The second-order valence-electron chi connectivity index (χ2n) is 7.84. The molecule has 0 spiro atoms. The lowest BCUT2D eigenvalue weighted by Crippen LogP contribution is -2.41. The van der Waals surface area contributed by atoms with E-state index >= 15 is 0 Å². The standard InChI is InChI=1S/C22H23FN2O2S/c1-14-10-15(2)12-24(11-14)20-19(18-8-5-9-28-18)21(26)25(22(20)27)13-16-6-3-4-7-17(16)23/h3-9,14-15H,10-13H2,1-2H3. The number of nitrogens with zero attached hydrogens (tertiary/aromatic N) is 2. The fourth-order valence-electron chi connectivity index (χ4n) is 4.29. The minimum Gasteiger partial charge on any atom is -0.366 e. The van der Waals surface area contributed by atoms with Gasteiger partial charge < -0.3 is 4.90 Å². The summed E-state index contributed by atoms with van der Waals surface area (Å²) in [5, 5.41) is 1.90. The van der Waals surface area contributed by atoms with E-state index in [-0.39, 0.29) is 18.4 Å². The fraction of sp³-hybridized carbons (Fsp3) is 0.364. The van der Waals surface area contributed by atoms with Gasteiger partial charge in [-0.3, -0.25) is 14.5 Å². The summed E-state index contributed by atoms with van der Waals surface area (Å²) in [6.07, 6.45) is 1.11. The highest BCUT2D eigenvalue weighted by atomic mass is 32.1. The van der Waals surface area contributed by atoms with E-state index in [1.54, 1.807) is 18.2 Å². The van der Waals surface area contributed by atoms with Gasteiger partial charge in [-0.05, 0) is 35.8 Å². The summed E-state index contributed by atoms with van der Waals surface area (Å²) in [5.41, 5.74) is 1.27. The Morgan fingerprint density at radius 1 is 1.04 bits per heavy atom. The number of halogens is 1. The van der Waals surface area contributed by atoms with Crippen LogP contribution < -0.4 is 0 Å². The molecule has 1 aromatic heterocycles. The SMILES string of the molecule is CC1CC(C)CN(C2=C(c3cccs3)C(=O)N(Cc3ccccc3F)C2=O)C1. The van der Waals surface area contributed by atoms with Gasteiger partial charge in [0.05, 0.1) is 12.1 Å². The largest absolute Gasteiger partial charge is 0.366 e. The third kappa shape index (κ3) is 3.37. The first kappa shape index (κ1) is 18.9. The topological polar surface area (TPSA) is 40.6 Å². The van der Waals surface area contributed by atoms with Gasteiger partial charge in [-0.2, -0.15) is 0 Å². The zero-order valence-corrected chi connectivity index (χ0v) is 16.8. The van der Waals surface area contributed by atoms with Gasteiger partial charge in [-0.15, -0.1) is 11.3 Å². The van der Waals surface area contributed by atoms with E-state index in [1.165, 1.54) is 22.3 Å². The van der Waals surface area contributed by atoms with Gasteiger partial charge in [0, 0.05) is 23.5 Å². The molecule has 4 nitrogen and oxygen atoms in total. The Hall–Kier alpha value is -2.47. The lowest BCUT2D eigenvalue weighted by Gasteiger charge is -2.37. The van der Waals surface area contributed by atoms with Crippen molar-refractivity contribution in [2.24, 2.45) is 11.8 Å². The van der Waals surface area contributed by atoms with Gasteiger partial charge in [0.25, 0.3) is 11.8 Å². The summed E-state index contributed by atoms with van der Waals surface area (Å²) in [5.74, 6) is -0.169. The Morgan fingerprint density at radius 3 is 2.39 bits per heavy atom. The van der Waals surface area contributed by atoms with Crippen LogP contribution in [-0.2, 0) is 16.1 Å². The minimum atomic E-state index is -0.408. The molecule has 1 saturated heterocycles. The van der Waals surface area contributed by atoms with Crippen LogP contribution >= 0.6 is 11.3 Å². The molecule has 0 bridgehead atoms. The van der Waals surface area contributed by atoms with Crippen LogP contribution in [-0.4, -0.2) is 34.7 Å². The molecule has 0 saturated carbocycles. The summed E-state index contributed by atoms with van der Waals surface area (Å²) in [6, 6.07) is 10.0. The molecule has 2 aromatic rings. The monoisotopic (exact) mass is 398 g/mol. The van der Waals surface area contributed by atoms with E-state index in [0.29, 0.717) is 28.7 Å². The van der Waals surface area contributed by atoms with Gasteiger partial charge in [0.15, 0.2) is 0 Å². The molecule has 2 atom stereocenters. The minimum absolute atomic E-state index is 0.0539. The van der Waals surface area contributed by atoms with Crippen LogP contribution in [0, 0.1) is 17.7 Å². The Kier molecular flexibility index (Phi) is 5.06. The molecule has 2 unspecified atom stereocenters. The number of rotatable bonds is 4. The smallest absolute Gasteiger partial charge is 0.278 e. The average molecular weight is 399 g/mol. The van der Waals surface area contributed by atoms with Gasteiger partial charge in [0.1, 0.15) is 11.5 Å². The number of hydrogen-bond acceptors (Lipinski definition) is 4. The molecule has 1 fully saturated rings. The Bertz CT molecular complexity index is 928. The van der Waals surface area contributed by atoms with Gasteiger partial charge in [0.2, 0.25) is 0 Å². The van der Waals surface area contributed by atoms with Crippen molar-refractivity contribution in [2.45, 2.75) is 26.8 Å². The molecular weight excluding hydrogens is 375 g/mol. The van der Waals surface area contributed by atoms with Crippen molar-refractivity contribution in [1.29, 1.82) is 0 Å². The number of thiophene rings is 1. The summed E-state index contributed by atoms with van der Waals surface area (Å²) < 4.78 is 14.2. The molecule has 1 aromatic carbocycles. The molecule has 0 N–H and O–H groups in total. The van der Waals surface area contributed by atoms with E-state index < -0.39 is 5.82 Å². The number of benzene rings is 1. The van der Waals surface area contributed by atoms with E-state index in [0.717, 1.165) is 24.4 Å². The highest BCUT2D eigenvalue weighted by Gasteiger charge is 2.43. The van der Waals surface area contributed by atoms with Crippen molar-refractivity contribution < 1.29 is 14.0 Å². The average Bonchev–Trinajstić information content (AvgIpc) is 3.24. The van der Waals surface area contributed by atoms with Crippen LogP contribution in [0.15, 0.2) is 47.5 Å². The molecule has 6 heteroatoms. The predicted octanol–water partition coefficient (Wildman–Crippen LogP) is 4.15. The molecular formula is C22H23FN2O2S. The van der Waals surface area contributed by atoms with Gasteiger partial charge >= 0.3 is 0 Å². The summed E-state index contributed by atoms with van der Waals surface area (Å²) in [6.45, 7) is 5.79. The van der Waals surface area contributed by atoms with Gasteiger partial charge in [-0.25, -0.2) is 4.39 Å². The van der Waals surface area contributed by atoms with Crippen LogP contribution in [0.1, 0.15) is 30.7 Å². The van der Waals surface area contributed by atoms with Crippen LogP contribution in [0.3, 0.4) is 0 Å². The molecule has 146 valence electrons. The van der Waals surface area contributed by atoms with Crippen molar-refractivity contribution in [3.05, 3.63) is 63.7 Å². The molecule has 2 aliphatic rings. The van der Waals surface area contributed by atoms with E-state index in [2.05, 4.69) is 18.7 Å². The van der Waals surface area contributed by atoms with Crippen molar-refractivity contribution in [3.8, 4) is 0 Å². The van der Waals surface area contributed by atoms with Crippen LogP contribution in [0.2, 0.25) is 0 Å². The number of carbonyl (C=O) groups excluding carboxylic acids is 2. The number of amides is 2. The van der Waals surface area contributed by atoms with Crippen molar-refractivity contribution in [1.82, 2.24) is 9.80 Å². The highest BCUT2D eigenvalue weighted by Crippen LogP contribution is 2.37. The second kappa shape index (κ2) is 7.51. The number of imide groups is 1. The van der Waals surface area contributed by atoms with Gasteiger partial charge in [-0.1, -0.05) is 38.1 Å². The third-order valence-corrected chi connectivity index (χ3v) is 6.27. The quantitative estimate of drug-likeness (QED) is 0.727. The first-order chi connectivity index (χ1) is 13.5. The maximum absolute atomic E-state index is 14.2.